The summed E-state index contributed by atoms with van der Waals surface area (Å²) in [7, 11) is 2.68. The first-order valence-electron chi connectivity index (χ1n) is 10.3. The van der Waals surface area contributed by atoms with Gasteiger partial charge in [0.1, 0.15) is 18.9 Å². The lowest BCUT2D eigenvalue weighted by Crippen LogP contribution is -2.36. The van der Waals surface area contributed by atoms with Gasteiger partial charge in [0.05, 0.1) is 30.4 Å². The normalized spacial score (nSPS) is 14.7. The van der Waals surface area contributed by atoms with Crippen LogP contribution in [0.1, 0.15) is 11.1 Å². The number of alkyl halides is 3. The number of nitrogens with zero attached hydrogens (tertiary/aromatic N) is 1. The number of hydrogen-bond donors (Lipinski definition) is 1. The Morgan fingerprint density at radius 1 is 1.08 bits per heavy atom. The summed E-state index contributed by atoms with van der Waals surface area (Å²) in [5.41, 5.74) is -0.698. The zero-order valence-corrected chi connectivity index (χ0v) is 20.0. The van der Waals surface area contributed by atoms with Crippen molar-refractivity contribution in [2.45, 2.75) is 6.18 Å². The predicted octanol–water partition coefficient (Wildman–Crippen LogP) is 4.96. The Labute approximate surface area is 208 Å². The second-order valence-corrected chi connectivity index (χ2v) is 8.23. The van der Waals surface area contributed by atoms with Gasteiger partial charge in [0.25, 0.3) is 11.1 Å². The van der Waals surface area contributed by atoms with Crippen LogP contribution >= 0.6 is 11.8 Å². The molecule has 2 aromatic rings. The van der Waals surface area contributed by atoms with Gasteiger partial charge in [-0.15, -0.1) is 0 Å². The molecule has 0 aromatic heterocycles. The minimum Gasteiger partial charge on any atom is -0.495 e. The molecule has 8 nitrogen and oxygen atoms in total. The number of methoxy groups -OCH3 is 2. The average Bonchev–Trinajstić information content (AvgIpc) is 3.09. The third-order valence-corrected chi connectivity index (χ3v) is 5.73. The molecule has 12 heteroatoms. The molecule has 36 heavy (non-hydrogen) atoms. The Hall–Kier alpha value is -3.93. The number of thioether (sulfide) groups is 1. The summed E-state index contributed by atoms with van der Waals surface area (Å²) < 4.78 is 54.9. The van der Waals surface area contributed by atoms with E-state index in [0.29, 0.717) is 39.8 Å². The lowest BCUT2D eigenvalue weighted by atomic mass is 10.1. The molecule has 0 bridgehead atoms. The molecular weight excluding hydrogens is 501 g/mol. The minimum atomic E-state index is -4.64. The van der Waals surface area contributed by atoms with E-state index in [1.54, 1.807) is 24.3 Å². The van der Waals surface area contributed by atoms with Crippen LogP contribution in [-0.2, 0) is 15.8 Å². The van der Waals surface area contributed by atoms with Crippen LogP contribution in [-0.4, -0.2) is 49.3 Å². The van der Waals surface area contributed by atoms with Crippen molar-refractivity contribution in [3.05, 3.63) is 65.1 Å². The fraction of sp³-hybridized carbons (Fsp3) is 0.208. The summed E-state index contributed by atoms with van der Waals surface area (Å²) in [6.07, 6.45) is -1.61. The fourth-order valence-corrected chi connectivity index (χ4v) is 3.98. The van der Waals surface area contributed by atoms with E-state index in [-0.39, 0.29) is 22.9 Å². The van der Waals surface area contributed by atoms with E-state index in [1.807, 2.05) is 0 Å². The molecule has 0 atom stereocenters. The second-order valence-electron chi connectivity index (χ2n) is 7.24. The number of halogens is 3. The molecule has 190 valence electrons. The highest BCUT2D eigenvalue weighted by molar-refractivity contribution is 8.18. The van der Waals surface area contributed by atoms with Gasteiger partial charge in [-0.1, -0.05) is 18.7 Å². The molecular formula is C24H21F3N2O6S. The molecule has 1 saturated heterocycles. The van der Waals surface area contributed by atoms with E-state index in [2.05, 4.69) is 11.9 Å². The molecule has 1 aliphatic rings. The number of ether oxygens (including phenoxy) is 3. The SMILES string of the molecule is C=CCOc1ccc(/C=C2/SC(=O)N(CC(=O)Nc3cc(C(F)(F)F)ccc3OC)C2=O)cc1OC. The largest absolute Gasteiger partial charge is 0.495 e. The maximum Gasteiger partial charge on any atom is 0.416 e. The summed E-state index contributed by atoms with van der Waals surface area (Å²) in [4.78, 5) is 38.4. The van der Waals surface area contributed by atoms with E-state index in [0.717, 1.165) is 12.1 Å². The number of rotatable bonds is 9. The molecule has 2 aromatic carbocycles. The van der Waals surface area contributed by atoms with Crippen LogP contribution in [0.4, 0.5) is 23.7 Å². The van der Waals surface area contributed by atoms with Crippen molar-refractivity contribution in [2.24, 2.45) is 0 Å². The Kier molecular flexibility index (Phi) is 8.30. The highest BCUT2D eigenvalue weighted by atomic mass is 32.2. The summed E-state index contributed by atoms with van der Waals surface area (Å²) in [5, 5.41) is 1.57. The van der Waals surface area contributed by atoms with Crippen LogP contribution < -0.4 is 19.5 Å². The molecule has 3 amide bonds. The van der Waals surface area contributed by atoms with Crippen molar-refractivity contribution in [1.82, 2.24) is 4.90 Å². The van der Waals surface area contributed by atoms with Crippen LogP contribution in [0.2, 0.25) is 0 Å². The summed E-state index contributed by atoms with van der Waals surface area (Å²) >= 11 is 0.630. The summed E-state index contributed by atoms with van der Waals surface area (Å²) in [5.74, 6) is -0.743. The number of imide groups is 1. The van der Waals surface area contributed by atoms with Gasteiger partial charge in [-0.2, -0.15) is 13.2 Å². The van der Waals surface area contributed by atoms with Crippen molar-refractivity contribution in [3.63, 3.8) is 0 Å². The molecule has 0 aliphatic carbocycles. The summed E-state index contributed by atoms with van der Waals surface area (Å²) in [6.45, 7) is 3.15. The minimum absolute atomic E-state index is 0.0140. The predicted molar refractivity (Wildman–Crippen MR) is 128 cm³/mol. The number of carbonyl (C=O) groups is 3. The topological polar surface area (TPSA) is 94.2 Å². The van der Waals surface area contributed by atoms with Crippen LogP contribution in [0.3, 0.4) is 0 Å². The molecule has 1 N–H and O–H groups in total. The van der Waals surface area contributed by atoms with Crippen molar-refractivity contribution in [3.8, 4) is 17.2 Å². The van der Waals surface area contributed by atoms with Crippen molar-refractivity contribution in [1.29, 1.82) is 0 Å². The first-order chi connectivity index (χ1) is 17.1. The first-order valence-corrected chi connectivity index (χ1v) is 11.1. The van der Waals surface area contributed by atoms with Crippen LogP contribution in [0.25, 0.3) is 6.08 Å². The molecule has 0 spiro atoms. The second kappa shape index (κ2) is 11.2. The summed E-state index contributed by atoms with van der Waals surface area (Å²) in [6, 6.07) is 7.47. The molecule has 0 saturated carbocycles. The highest BCUT2D eigenvalue weighted by Crippen LogP contribution is 2.36. The Morgan fingerprint density at radius 3 is 2.42 bits per heavy atom. The molecule has 3 rings (SSSR count). The van der Waals surface area contributed by atoms with Crippen molar-refractivity contribution < 1.29 is 41.8 Å². The van der Waals surface area contributed by atoms with Crippen molar-refractivity contribution >= 4 is 40.6 Å². The van der Waals surface area contributed by atoms with E-state index in [4.69, 9.17) is 14.2 Å². The third-order valence-electron chi connectivity index (χ3n) is 4.82. The van der Waals surface area contributed by atoms with Crippen LogP contribution in [0.5, 0.6) is 17.2 Å². The number of hydrogen-bond acceptors (Lipinski definition) is 7. The Bertz CT molecular complexity index is 1230. The smallest absolute Gasteiger partial charge is 0.416 e. The Morgan fingerprint density at radius 2 is 1.78 bits per heavy atom. The van der Waals surface area contributed by atoms with Crippen LogP contribution in [0.15, 0.2) is 54.0 Å². The van der Waals surface area contributed by atoms with E-state index in [9.17, 15) is 27.6 Å². The van der Waals surface area contributed by atoms with Gasteiger partial charge in [-0.3, -0.25) is 19.3 Å². The molecule has 1 aliphatic heterocycles. The number of benzene rings is 2. The zero-order valence-electron chi connectivity index (χ0n) is 19.2. The Balaban J connectivity index is 1.75. The number of nitrogens with one attached hydrogen (secondary N) is 1. The monoisotopic (exact) mass is 522 g/mol. The molecule has 0 unspecified atom stereocenters. The molecule has 1 fully saturated rings. The van der Waals surface area contributed by atoms with Gasteiger partial charge < -0.3 is 19.5 Å². The van der Waals surface area contributed by atoms with E-state index < -0.39 is 35.3 Å². The number of amides is 3. The van der Waals surface area contributed by atoms with E-state index >= 15 is 0 Å². The van der Waals surface area contributed by atoms with Gasteiger partial charge in [0.15, 0.2) is 11.5 Å². The van der Waals surface area contributed by atoms with Gasteiger partial charge in [-0.05, 0) is 53.7 Å². The van der Waals surface area contributed by atoms with Gasteiger partial charge in [0, 0.05) is 0 Å². The first kappa shape index (κ1) is 26.7. The number of carbonyl (C=O) groups excluding carboxylic acids is 3. The molecule has 1 heterocycles. The zero-order chi connectivity index (χ0) is 26.5. The fourth-order valence-electron chi connectivity index (χ4n) is 3.14. The lowest BCUT2D eigenvalue weighted by Gasteiger charge is -2.16. The standard InChI is InChI=1S/C24H21F3N2O6S/c1-4-9-35-18-7-5-14(10-19(18)34-3)11-20-22(31)29(23(32)36-20)13-21(30)28-16-12-15(24(25,26)27)6-8-17(16)33-2/h4-8,10-12H,1,9,13H2,2-3H3,(H,28,30)/b20-11+. The maximum atomic E-state index is 13.0. The quantitative estimate of drug-likeness (QED) is 0.367. The average molecular weight is 523 g/mol. The number of anilines is 1. The highest BCUT2D eigenvalue weighted by Gasteiger charge is 2.37. The van der Waals surface area contributed by atoms with Gasteiger partial charge >= 0.3 is 6.18 Å². The maximum absolute atomic E-state index is 13.0. The van der Waals surface area contributed by atoms with Crippen LogP contribution in [0, 0.1) is 0 Å². The van der Waals surface area contributed by atoms with Gasteiger partial charge in [-0.25, -0.2) is 0 Å². The van der Waals surface area contributed by atoms with Crippen molar-refractivity contribution in [2.75, 3.05) is 32.7 Å². The third kappa shape index (κ3) is 6.19. The molecule has 0 radical (unpaired) electrons. The van der Waals surface area contributed by atoms with Gasteiger partial charge in [0.2, 0.25) is 5.91 Å². The lowest BCUT2D eigenvalue weighted by molar-refractivity contribution is -0.137. The van der Waals surface area contributed by atoms with E-state index in [1.165, 1.54) is 20.3 Å².